The van der Waals surface area contributed by atoms with Gasteiger partial charge >= 0.3 is 0 Å². The zero-order valence-corrected chi connectivity index (χ0v) is 14.2. The van der Waals surface area contributed by atoms with Crippen molar-refractivity contribution in [2.24, 2.45) is 5.10 Å². The molecule has 2 heterocycles. The largest absolute Gasteiger partial charge is 0.454 e. The Kier molecular flexibility index (Phi) is 4.55. The standard InChI is InChI=1S/C20H19N3O3/c24-20(7-3-4-15-12-21-17-6-2-1-5-16(15)17)23-22-11-14-8-9-18-19(10-14)26-13-25-18/h1-2,5-6,8-12,21H,3-4,7,13H2,(H,23,24)/b22-11+. The highest BCUT2D eigenvalue weighted by atomic mass is 16.7. The minimum atomic E-state index is -0.0955. The summed E-state index contributed by atoms with van der Waals surface area (Å²) in [6, 6.07) is 13.7. The van der Waals surface area contributed by atoms with Crippen LogP contribution in [0.15, 0.2) is 53.8 Å². The van der Waals surface area contributed by atoms with E-state index in [9.17, 15) is 4.79 Å². The van der Waals surface area contributed by atoms with Crippen LogP contribution in [0.3, 0.4) is 0 Å². The molecule has 1 aliphatic rings. The molecule has 3 aromatic rings. The zero-order valence-electron chi connectivity index (χ0n) is 14.2. The third-order valence-electron chi connectivity index (χ3n) is 4.32. The second kappa shape index (κ2) is 7.31. The number of hydrazone groups is 1. The molecule has 0 spiro atoms. The highest BCUT2D eigenvalue weighted by Crippen LogP contribution is 2.31. The molecule has 0 saturated heterocycles. The highest BCUT2D eigenvalue weighted by molar-refractivity contribution is 5.84. The fraction of sp³-hybridized carbons (Fsp3) is 0.200. The van der Waals surface area contributed by atoms with Crippen LogP contribution in [-0.2, 0) is 11.2 Å². The molecule has 6 nitrogen and oxygen atoms in total. The molecule has 0 fully saturated rings. The molecule has 4 rings (SSSR count). The number of aromatic nitrogens is 1. The number of hydrogen-bond donors (Lipinski definition) is 2. The molecule has 0 aliphatic carbocycles. The molecular formula is C20H19N3O3. The number of benzene rings is 2. The molecule has 6 heteroatoms. The number of para-hydroxylation sites is 1. The normalized spacial score (nSPS) is 12.8. The fourth-order valence-electron chi connectivity index (χ4n) is 3.01. The van der Waals surface area contributed by atoms with Gasteiger partial charge in [-0.25, -0.2) is 5.43 Å². The number of hydrogen-bond acceptors (Lipinski definition) is 4. The van der Waals surface area contributed by atoms with E-state index in [1.807, 2.05) is 36.5 Å². The van der Waals surface area contributed by atoms with Crippen molar-refractivity contribution < 1.29 is 14.3 Å². The fourth-order valence-corrected chi connectivity index (χ4v) is 3.01. The van der Waals surface area contributed by atoms with Crippen molar-refractivity contribution in [2.45, 2.75) is 19.3 Å². The van der Waals surface area contributed by atoms with Gasteiger partial charge in [0, 0.05) is 23.5 Å². The van der Waals surface area contributed by atoms with Crippen LogP contribution in [0.4, 0.5) is 0 Å². The van der Waals surface area contributed by atoms with Gasteiger partial charge in [0.25, 0.3) is 0 Å². The lowest BCUT2D eigenvalue weighted by molar-refractivity contribution is -0.121. The maximum Gasteiger partial charge on any atom is 0.240 e. The van der Waals surface area contributed by atoms with E-state index in [1.165, 1.54) is 10.9 Å². The molecule has 132 valence electrons. The van der Waals surface area contributed by atoms with E-state index in [0.29, 0.717) is 12.2 Å². The Morgan fingerprint density at radius 3 is 3.04 bits per heavy atom. The monoisotopic (exact) mass is 349 g/mol. The molecule has 26 heavy (non-hydrogen) atoms. The van der Waals surface area contributed by atoms with Crippen molar-refractivity contribution in [3.63, 3.8) is 0 Å². The van der Waals surface area contributed by atoms with Crippen molar-refractivity contribution in [3.8, 4) is 11.5 Å². The van der Waals surface area contributed by atoms with Gasteiger partial charge in [0.1, 0.15) is 0 Å². The summed E-state index contributed by atoms with van der Waals surface area (Å²) in [5, 5.41) is 5.22. The maximum absolute atomic E-state index is 11.9. The molecule has 0 unspecified atom stereocenters. The van der Waals surface area contributed by atoms with Crippen LogP contribution in [-0.4, -0.2) is 23.9 Å². The average Bonchev–Trinajstić information content (AvgIpc) is 3.28. The van der Waals surface area contributed by atoms with Crippen molar-refractivity contribution in [2.75, 3.05) is 6.79 Å². The topological polar surface area (TPSA) is 75.7 Å². The van der Waals surface area contributed by atoms with Gasteiger partial charge < -0.3 is 14.5 Å². The zero-order chi connectivity index (χ0) is 17.8. The highest BCUT2D eigenvalue weighted by Gasteiger charge is 2.12. The number of fused-ring (bicyclic) bond motifs is 2. The number of H-pyrrole nitrogens is 1. The van der Waals surface area contributed by atoms with E-state index in [-0.39, 0.29) is 12.7 Å². The van der Waals surface area contributed by atoms with Crippen molar-refractivity contribution >= 4 is 23.0 Å². The number of carbonyl (C=O) groups is 1. The third kappa shape index (κ3) is 3.54. The van der Waals surface area contributed by atoms with Crippen molar-refractivity contribution in [1.82, 2.24) is 10.4 Å². The minimum Gasteiger partial charge on any atom is -0.454 e. The average molecular weight is 349 g/mol. The number of nitrogens with zero attached hydrogens (tertiary/aromatic N) is 1. The number of amides is 1. The molecule has 0 bridgehead atoms. The summed E-state index contributed by atoms with van der Waals surface area (Å²) < 4.78 is 10.6. The van der Waals surface area contributed by atoms with Crippen LogP contribution in [0, 0.1) is 0 Å². The number of rotatable bonds is 6. The van der Waals surface area contributed by atoms with Crippen molar-refractivity contribution in [3.05, 3.63) is 59.8 Å². The molecule has 2 aromatic carbocycles. The molecular weight excluding hydrogens is 330 g/mol. The second-order valence-electron chi connectivity index (χ2n) is 6.12. The predicted molar refractivity (Wildman–Crippen MR) is 99.5 cm³/mol. The Balaban J connectivity index is 1.25. The van der Waals surface area contributed by atoms with Gasteiger partial charge in [-0.3, -0.25) is 4.79 Å². The van der Waals surface area contributed by atoms with Crippen LogP contribution < -0.4 is 14.9 Å². The van der Waals surface area contributed by atoms with Gasteiger partial charge in [0.05, 0.1) is 6.21 Å². The Morgan fingerprint density at radius 2 is 2.08 bits per heavy atom. The lowest BCUT2D eigenvalue weighted by Crippen LogP contribution is -2.17. The molecule has 2 N–H and O–H groups in total. The minimum absolute atomic E-state index is 0.0955. The smallest absolute Gasteiger partial charge is 0.240 e. The number of ether oxygens (including phenoxy) is 2. The van der Waals surface area contributed by atoms with Gasteiger partial charge in [-0.2, -0.15) is 5.10 Å². The van der Waals surface area contributed by atoms with Crippen LogP contribution in [0.2, 0.25) is 0 Å². The Labute approximate surface area is 150 Å². The summed E-state index contributed by atoms with van der Waals surface area (Å²) in [6.45, 7) is 0.239. The van der Waals surface area contributed by atoms with E-state index in [0.717, 1.165) is 29.7 Å². The van der Waals surface area contributed by atoms with E-state index >= 15 is 0 Å². The Hall–Kier alpha value is -3.28. The van der Waals surface area contributed by atoms with Gasteiger partial charge in [0.15, 0.2) is 11.5 Å². The summed E-state index contributed by atoms with van der Waals surface area (Å²) in [7, 11) is 0. The van der Waals surface area contributed by atoms with Crippen LogP contribution in [0.25, 0.3) is 10.9 Å². The molecule has 1 aromatic heterocycles. The quantitative estimate of drug-likeness (QED) is 0.529. The summed E-state index contributed by atoms with van der Waals surface area (Å²) >= 11 is 0. The molecule has 0 atom stereocenters. The Bertz CT molecular complexity index is 962. The summed E-state index contributed by atoms with van der Waals surface area (Å²) in [5.41, 5.74) is 5.77. The molecule has 1 aliphatic heterocycles. The first-order valence-electron chi connectivity index (χ1n) is 8.56. The van der Waals surface area contributed by atoms with Gasteiger partial charge in [-0.15, -0.1) is 0 Å². The van der Waals surface area contributed by atoms with Gasteiger partial charge in [-0.1, -0.05) is 18.2 Å². The second-order valence-corrected chi connectivity index (χ2v) is 6.12. The molecule has 0 saturated carbocycles. The van der Waals surface area contributed by atoms with E-state index < -0.39 is 0 Å². The first-order chi connectivity index (χ1) is 12.8. The van der Waals surface area contributed by atoms with Crippen LogP contribution in [0.5, 0.6) is 11.5 Å². The third-order valence-corrected chi connectivity index (χ3v) is 4.32. The maximum atomic E-state index is 11.9. The van der Waals surface area contributed by atoms with Crippen molar-refractivity contribution in [1.29, 1.82) is 0 Å². The molecule has 1 amide bonds. The molecule has 0 radical (unpaired) electrons. The number of aryl methyl sites for hydroxylation is 1. The summed E-state index contributed by atoms with van der Waals surface area (Å²) in [4.78, 5) is 15.2. The first kappa shape index (κ1) is 16.2. The van der Waals surface area contributed by atoms with E-state index in [2.05, 4.69) is 27.6 Å². The van der Waals surface area contributed by atoms with E-state index in [1.54, 1.807) is 6.21 Å². The Morgan fingerprint density at radius 1 is 1.19 bits per heavy atom. The first-order valence-corrected chi connectivity index (χ1v) is 8.56. The lowest BCUT2D eigenvalue weighted by Gasteiger charge is -2.01. The SMILES string of the molecule is O=C(CCCc1c[nH]c2ccccc12)N/N=C/c1ccc2c(c1)OCO2. The number of aromatic amines is 1. The number of carbonyl (C=O) groups excluding carboxylic acids is 1. The van der Waals surface area contributed by atoms with Gasteiger partial charge in [0.2, 0.25) is 12.7 Å². The number of nitrogens with one attached hydrogen (secondary N) is 2. The van der Waals surface area contributed by atoms with Crippen LogP contribution >= 0.6 is 0 Å². The summed E-state index contributed by atoms with van der Waals surface area (Å²) in [6.07, 6.45) is 5.66. The van der Waals surface area contributed by atoms with E-state index in [4.69, 9.17) is 9.47 Å². The predicted octanol–water partition coefficient (Wildman–Crippen LogP) is 3.37. The summed E-state index contributed by atoms with van der Waals surface area (Å²) in [5.74, 6) is 1.32. The van der Waals surface area contributed by atoms with Crippen LogP contribution in [0.1, 0.15) is 24.0 Å². The van der Waals surface area contributed by atoms with Gasteiger partial charge in [-0.05, 0) is 48.2 Å². The lowest BCUT2D eigenvalue weighted by atomic mass is 10.1.